The number of carbonyl (C=O) groups is 2. The second-order valence-electron chi connectivity index (χ2n) is 5.04. The number of methoxy groups -OCH3 is 2. The fourth-order valence-corrected chi connectivity index (χ4v) is 2.42. The molecule has 0 aliphatic heterocycles. The van der Waals surface area contributed by atoms with Crippen molar-refractivity contribution in [3.8, 4) is 11.5 Å². The third kappa shape index (κ3) is 3.26. The maximum Gasteiger partial charge on any atom is 0.307 e. The Kier molecular flexibility index (Phi) is 4.67. The van der Waals surface area contributed by atoms with Crippen LogP contribution in [0.4, 0.5) is 0 Å². The van der Waals surface area contributed by atoms with E-state index < -0.39 is 17.8 Å². The van der Waals surface area contributed by atoms with Crippen LogP contribution >= 0.6 is 0 Å². The Labute approximate surface area is 123 Å². The molecule has 0 radical (unpaired) electrons. The average molecular weight is 293 g/mol. The number of carboxylic acids is 1. The van der Waals surface area contributed by atoms with E-state index in [0.717, 1.165) is 5.56 Å². The van der Waals surface area contributed by atoms with Crippen molar-refractivity contribution in [1.29, 1.82) is 0 Å². The van der Waals surface area contributed by atoms with Crippen molar-refractivity contribution in [2.45, 2.75) is 19.4 Å². The topological polar surface area (TPSA) is 84.9 Å². The van der Waals surface area contributed by atoms with Crippen LogP contribution in [0.15, 0.2) is 18.2 Å². The molecule has 2 unspecified atom stereocenters. The molecule has 1 fully saturated rings. The minimum Gasteiger partial charge on any atom is -0.493 e. The molecule has 0 heterocycles. The summed E-state index contributed by atoms with van der Waals surface area (Å²) in [6, 6.07) is 5.38. The van der Waals surface area contributed by atoms with Gasteiger partial charge in [-0.15, -0.1) is 0 Å². The Hall–Kier alpha value is -2.24. The first kappa shape index (κ1) is 15.2. The summed E-state index contributed by atoms with van der Waals surface area (Å²) in [6.07, 6.45) is 1.21. The fraction of sp³-hybridized carbons (Fsp3) is 0.467. The monoisotopic (exact) mass is 293 g/mol. The molecule has 1 saturated carbocycles. The summed E-state index contributed by atoms with van der Waals surface area (Å²) in [5.74, 6) is -0.845. The summed E-state index contributed by atoms with van der Waals surface area (Å²) in [6.45, 7) is 0.335. The fourth-order valence-electron chi connectivity index (χ4n) is 2.42. The Balaban J connectivity index is 1.94. The molecule has 1 aliphatic rings. The Morgan fingerprint density at radius 1 is 1.19 bits per heavy atom. The van der Waals surface area contributed by atoms with Gasteiger partial charge in [-0.25, -0.2) is 0 Å². The highest BCUT2D eigenvalue weighted by Crippen LogP contribution is 2.34. The summed E-state index contributed by atoms with van der Waals surface area (Å²) in [7, 11) is 3.11. The summed E-state index contributed by atoms with van der Waals surface area (Å²) in [5.41, 5.74) is 0.868. The van der Waals surface area contributed by atoms with Crippen molar-refractivity contribution >= 4 is 11.9 Å². The van der Waals surface area contributed by atoms with Gasteiger partial charge in [-0.3, -0.25) is 9.59 Å². The van der Waals surface area contributed by atoms with E-state index in [9.17, 15) is 9.59 Å². The molecule has 1 aromatic carbocycles. The first-order chi connectivity index (χ1) is 10.1. The van der Waals surface area contributed by atoms with Gasteiger partial charge < -0.3 is 19.9 Å². The highest BCUT2D eigenvalue weighted by molar-refractivity contribution is 5.86. The van der Waals surface area contributed by atoms with Crippen LogP contribution in [0.25, 0.3) is 0 Å². The maximum absolute atomic E-state index is 12.0. The number of rotatable bonds is 6. The quantitative estimate of drug-likeness (QED) is 0.829. The maximum atomic E-state index is 12.0. The second-order valence-corrected chi connectivity index (χ2v) is 5.04. The van der Waals surface area contributed by atoms with E-state index in [4.69, 9.17) is 14.6 Å². The van der Waals surface area contributed by atoms with Gasteiger partial charge in [-0.05, 0) is 30.5 Å². The van der Waals surface area contributed by atoms with Gasteiger partial charge in [-0.2, -0.15) is 0 Å². The SMILES string of the molecule is COc1ccc(CNC(=O)C2CCC2C(=O)O)cc1OC. The van der Waals surface area contributed by atoms with Gasteiger partial charge in [-0.1, -0.05) is 6.07 Å². The van der Waals surface area contributed by atoms with Gasteiger partial charge in [0.2, 0.25) is 5.91 Å². The zero-order chi connectivity index (χ0) is 15.4. The minimum absolute atomic E-state index is 0.205. The van der Waals surface area contributed by atoms with Crippen LogP contribution in [0, 0.1) is 11.8 Å². The van der Waals surface area contributed by atoms with Gasteiger partial charge in [0.1, 0.15) is 0 Å². The number of amides is 1. The Morgan fingerprint density at radius 2 is 1.86 bits per heavy atom. The van der Waals surface area contributed by atoms with E-state index in [1.54, 1.807) is 26.4 Å². The highest BCUT2D eigenvalue weighted by atomic mass is 16.5. The number of carboxylic acid groups (broad SMARTS) is 1. The number of carbonyl (C=O) groups excluding carboxylic acids is 1. The van der Waals surface area contributed by atoms with E-state index in [-0.39, 0.29) is 5.91 Å². The molecule has 114 valence electrons. The molecule has 1 aliphatic carbocycles. The molecule has 6 nitrogen and oxygen atoms in total. The van der Waals surface area contributed by atoms with Crippen LogP contribution in [0.1, 0.15) is 18.4 Å². The zero-order valence-electron chi connectivity index (χ0n) is 12.1. The first-order valence-corrected chi connectivity index (χ1v) is 6.78. The van der Waals surface area contributed by atoms with Crippen LogP contribution in [0.2, 0.25) is 0 Å². The summed E-state index contributed by atoms with van der Waals surface area (Å²) in [5, 5.41) is 11.7. The summed E-state index contributed by atoms with van der Waals surface area (Å²) in [4.78, 5) is 22.9. The number of ether oxygens (including phenoxy) is 2. The van der Waals surface area contributed by atoms with Gasteiger partial charge in [0.15, 0.2) is 11.5 Å². The predicted octanol–water partition coefficient (Wildman–Crippen LogP) is 1.43. The van der Waals surface area contributed by atoms with Gasteiger partial charge >= 0.3 is 5.97 Å². The molecule has 2 rings (SSSR count). The van der Waals surface area contributed by atoms with Crippen molar-refractivity contribution in [2.24, 2.45) is 11.8 Å². The predicted molar refractivity (Wildman–Crippen MR) is 75.2 cm³/mol. The molecular weight excluding hydrogens is 274 g/mol. The van der Waals surface area contributed by atoms with Crippen molar-refractivity contribution in [1.82, 2.24) is 5.32 Å². The van der Waals surface area contributed by atoms with Crippen molar-refractivity contribution < 1.29 is 24.2 Å². The lowest BCUT2D eigenvalue weighted by Crippen LogP contribution is -2.43. The van der Waals surface area contributed by atoms with Gasteiger partial charge in [0.05, 0.1) is 26.1 Å². The van der Waals surface area contributed by atoms with E-state index in [1.165, 1.54) is 0 Å². The van der Waals surface area contributed by atoms with Gasteiger partial charge in [0, 0.05) is 6.54 Å². The first-order valence-electron chi connectivity index (χ1n) is 6.78. The van der Waals surface area contributed by atoms with Gasteiger partial charge in [0.25, 0.3) is 0 Å². The number of hydrogen-bond acceptors (Lipinski definition) is 4. The molecule has 0 bridgehead atoms. The minimum atomic E-state index is -0.896. The lowest BCUT2D eigenvalue weighted by atomic mass is 9.73. The molecular formula is C15H19NO5. The van der Waals surface area contributed by atoms with E-state index in [1.807, 2.05) is 6.07 Å². The third-order valence-electron chi connectivity index (χ3n) is 3.84. The van der Waals surface area contributed by atoms with E-state index in [2.05, 4.69) is 5.32 Å². The number of nitrogens with one attached hydrogen (secondary N) is 1. The molecule has 6 heteroatoms. The molecule has 1 aromatic rings. The normalized spacial score (nSPS) is 20.3. The zero-order valence-corrected chi connectivity index (χ0v) is 12.1. The number of benzene rings is 1. The average Bonchev–Trinajstić information content (AvgIpc) is 2.42. The second kappa shape index (κ2) is 6.47. The molecule has 21 heavy (non-hydrogen) atoms. The smallest absolute Gasteiger partial charge is 0.307 e. The highest BCUT2D eigenvalue weighted by Gasteiger charge is 2.41. The van der Waals surface area contributed by atoms with Crippen LogP contribution in [0.5, 0.6) is 11.5 Å². The summed E-state index contributed by atoms with van der Waals surface area (Å²) >= 11 is 0. The summed E-state index contributed by atoms with van der Waals surface area (Å²) < 4.78 is 10.3. The molecule has 0 saturated heterocycles. The van der Waals surface area contributed by atoms with Crippen LogP contribution in [-0.2, 0) is 16.1 Å². The number of hydrogen-bond donors (Lipinski definition) is 2. The van der Waals surface area contributed by atoms with Crippen molar-refractivity contribution in [3.63, 3.8) is 0 Å². The van der Waals surface area contributed by atoms with E-state index in [0.29, 0.717) is 30.9 Å². The molecule has 2 atom stereocenters. The van der Waals surface area contributed by atoms with Crippen molar-refractivity contribution in [2.75, 3.05) is 14.2 Å². The molecule has 0 aromatic heterocycles. The van der Waals surface area contributed by atoms with Crippen LogP contribution in [-0.4, -0.2) is 31.2 Å². The number of aliphatic carboxylic acids is 1. The van der Waals surface area contributed by atoms with Crippen LogP contribution < -0.4 is 14.8 Å². The van der Waals surface area contributed by atoms with E-state index >= 15 is 0 Å². The van der Waals surface area contributed by atoms with Crippen LogP contribution in [0.3, 0.4) is 0 Å². The Bertz CT molecular complexity index is 543. The molecule has 1 amide bonds. The lowest BCUT2D eigenvalue weighted by molar-refractivity contribution is -0.152. The largest absolute Gasteiger partial charge is 0.493 e. The Morgan fingerprint density at radius 3 is 2.38 bits per heavy atom. The standard InChI is InChI=1S/C15H19NO5/c1-20-12-6-3-9(7-13(12)21-2)8-16-14(17)10-4-5-11(10)15(18)19/h3,6-7,10-11H,4-5,8H2,1-2H3,(H,16,17)(H,18,19). The lowest BCUT2D eigenvalue weighted by Gasteiger charge is -2.31. The third-order valence-corrected chi connectivity index (χ3v) is 3.84. The molecule has 2 N–H and O–H groups in total. The molecule has 0 spiro atoms. The van der Waals surface area contributed by atoms with Crippen molar-refractivity contribution in [3.05, 3.63) is 23.8 Å².